The number of pyridine rings is 1. The Hall–Kier alpha value is -1.91. The highest BCUT2D eigenvalue weighted by Crippen LogP contribution is 2.19. The van der Waals surface area contributed by atoms with Crippen LogP contribution < -0.4 is 5.32 Å². The number of carbonyl (C=O) groups is 1. The number of ether oxygens (including phenoxy) is 1. The zero-order valence-electron chi connectivity index (χ0n) is 12.5. The monoisotopic (exact) mass is 318 g/mol. The molecule has 0 aliphatic heterocycles. The van der Waals surface area contributed by atoms with Crippen molar-refractivity contribution < 1.29 is 9.53 Å². The number of hydrogen-bond acceptors (Lipinski definition) is 3. The number of nitrogens with zero attached hydrogens (tertiary/aromatic N) is 1. The minimum absolute atomic E-state index is 0.00655. The Kier molecular flexibility index (Phi) is 6.37. The lowest BCUT2D eigenvalue weighted by Crippen LogP contribution is -2.29. The van der Waals surface area contributed by atoms with Crippen molar-refractivity contribution in [1.82, 2.24) is 10.3 Å². The molecule has 4 nitrogen and oxygen atoms in total. The summed E-state index contributed by atoms with van der Waals surface area (Å²) in [6.07, 6.45) is 4.39. The number of halogens is 1. The van der Waals surface area contributed by atoms with E-state index < -0.39 is 0 Å². The fourth-order valence-corrected chi connectivity index (χ4v) is 2.34. The topological polar surface area (TPSA) is 51.2 Å². The van der Waals surface area contributed by atoms with Gasteiger partial charge in [-0.3, -0.25) is 9.78 Å². The molecular formula is C17H19ClN2O2. The van der Waals surface area contributed by atoms with E-state index >= 15 is 0 Å². The summed E-state index contributed by atoms with van der Waals surface area (Å²) in [5.74, 6) is -0.00655. The van der Waals surface area contributed by atoms with Crippen LogP contribution in [0.3, 0.4) is 0 Å². The molecule has 2 aromatic rings. The fourth-order valence-electron chi connectivity index (χ4n) is 2.14. The predicted molar refractivity (Wildman–Crippen MR) is 86.8 cm³/mol. The number of methoxy groups -OCH3 is 1. The average Bonchev–Trinajstić information content (AvgIpc) is 2.54. The molecule has 0 aliphatic carbocycles. The van der Waals surface area contributed by atoms with Gasteiger partial charge in [0.2, 0.25) is 5.91 Å². The van der Waals surface area contributed by atoms with Gasteiger partial charge in [0, 0.05) is 37.5 Å². The first kappa shape index (κ1) is 16.5. The van der Waals surface area contributed by atoms with Gasteiger partial charge >= 0.3 is 0 Å². The summed E-state index contributed by atoms with van der Waals surface area (Å²) in [6, 6.07) is 11.3. The van der Waals surface area contributed by atoms with Crippen LogP contribution in [0.25, 0.3) is 0 Å². The second-order valence-corrected chi connectivity index (χ2v) is 5.38. The summed E-state index contributed by atoms with van der Waals surface area (Å²) in [7, 11) is 1.62. The van der Waals surface area contributed by atoms with E-state index in [4.69, 9.17) is 16.3 Å². The molecule has 0 radical (unpaired) electrons. The Bertz CT molecular complexity index is 605. The van der Waals surface area contributed by atoms with Crippen molar-refractivity contribution in [2.45, 2.75) is 18.9 Å². The lowest BCUT2D eigenvalue weighted by atomic mass is 10.1. The summed E-state index contributed by atoms with van der Waals surface area (Å²) in [5.41, 5.74) is 2.00. The third kappa shape index (κ3) is 5.13. The molecule has 0 bridgehead atoms. The van der Waals surface area contributed by atoms with Crippen LogP contribution in [-0.4, -0.2) is 24.5 Å². The summed E-state index contributed by atoms with van der Waals surface area (Å²) in [4.78, 5) is 16.0. The van der Waals surface area contributed by atoms with Crippen molar-refractivity contribution in [2.75, 3.05) is 13.7 Å². The van der Waals surface area contributed by atoms with Crippen molar-refractivity contribution >= 4 is 17.5 Å². The molecule has 0 fully saturated rings. The molecule has 0 saturated heterocycles. The molecule has 116 valence electrons. The number of aromatic nitrogens is 1. The molecule has 0 aliphatic rings. The Balaban J connectivity index is 1.81. The highest BCUT2D eigenvalue weighted by atomic mass is 35.5. The zero-order chi connectivity index (χ0) is 15.8. The molecular weight excluding hydrogens is 300 g/mol. The van der Waals surface area contributed by atoms with Crippen molar-refractivity contribution in [2.24, 2.45) is 0 Å². The van der Waals surface area contributed by atoms with E-state index in [1.54, 1.807) is 19.5 Å². The van der Waals surface area contributed by atoms with Gasteiger partial charge in [-0.15, -0.1) is 0 Å². The lowest BCUT2D eigenvalue weighted by Gasteiger charge is -2.16. The summed E-state index contributed by atoms with van der Waals surface area (Å²) < 4.78 is 5.42. The van der Waals surface area contributed by atoms with Gasteiger partial charge in [0.05, 0.1) is 6.10 Å². The first-order valence-electron chi connectivity index (χ1n) is 7.13. The second-order valence-electron chi connectivity index (χ2n) is 4.94. The number of hydrogen-bond donors (Lipinski definition) is 1. The fraction of sp³-hybridized carbons (Fsp3) is 0.294. The normalized spacial score (nSPS) is 11.9. The van der Waals surface area contributed by atoms with Gasteiger partial charge in [0.1, 0.15) is 0 Å². The van der Waals surface area contributed by atoms with Gasteiger partial charge in [-0.1, -0.05) is 29.8 Å². The van der Waals surface area contributed by atoms with Crippen molar-refractivity contribution in [3.8, 4) is 0 Å². The molecule has 5 heteroatoms. The quantitative estimate of drug-likeness (QED) is 0.853. The number of benzene rings is 1. The minimum atomic E-state index is -0.207. The Labute approximate surface area is 135 Å². The molecule has 1 atom stereocenters. The van der Waals surface area contributed by atoms with E-state index in [-0.39, 0.29) is 12.0 Å². The number of rotatable bonds is 7. The van der Waals surface area contributed by atoms with Crippen molar-refractivity contribution in [3.63, 3.8) is 0 Å². The molecule has 1 aromatic carbocycles. The van der Waals surface area contributed by atoms with E-state index in [1.165, 1.54) is 0 Å². The van der Waals surface area contributed by atoms with E-state index in [0.717, 1.165) is 11.1 Å². The minimum Gasteiger partial charge on any atom is -0.375 e. The third-order valence-electron chi connectivity index (χ3n) is 3.35. The number of carbonyl (C=O) groups excluding carboxylic acids is 1. The summed E-state index contributed by atoms with van der Waals surface area (Å²) in [6.45, 7) is 0.419. The van der Waals surface area contributed by atoms with Crippen LogP contribution >= 0.6 is 11.6 Å². The number of amides is 1. The van der Waals surface area contributed by atoms with Gasteiger partial charge in [0.25, 0.3) is 0 Å². The van der Waals surface area contributed by atoms with Gasteiger partial charge in [-0.2, -0.15) is 0 Å². The van der Waals surface area contributed by atoms with Crippen LogP contribution in [0, 0.1) is 0 Å². The Morgan fingerprint density at radius 1 is 1.36 bits per heavy atom. The van der Waals surface area contributed by atoms with Gasteiger partial charge in [-0.25, -0.2) is 0 Å². The summed E-state index contributed by atoms with van der Waals surface area (Å²) >= 11 is 5.98. The molecule has 0 unspecified atom stereocenters. The van der Waals surface area contributed by atoms with Gasteiger partial charge < -0.3 is 10.1 Å². The molecule has 1 aromatic heterocycles. The Morgan fingerprint density at radius 3 is 2.91 bits per heavy atom. The van der Waals surface area contributed by atoms with E-state index in [9.17, 15) is 4.79 Å². The molecule has 1 amide bonds. The van der Waals surface area contributed by atoms with E-state index in [1.807, 2.05) is 36.4 Å². The molecule has 1 N–H and O–H groups in total. The Morgan fingerprint density at radius 2 is 2.23 bits per heavy atom. The van der Waals surface area contributed by atoms with Crippen molar-refractivity contribution in [1.29, 1.82) is 0 Å². The number of nitrogens with one attached hydrogen (secondary N) is 1. The van der Waals surface area contributed by atoms with Crippen LogP contribution in [0.4, 0.5) is 0 Å². The molecule has 22 heavy (non-hydrogen) atoms. The van der Waals surface area contributed by atoms with Gasteiger partial charge in [0.15, 0.2) is 0 Å². The maximum atomic E-state index is 11.9. The third-order valence-corrected chi connectivity index (χ3v) is 3.59. The van der Waals surface area contributed by atoms with E-state index in [2.05, 4.69) is 10.3 Å². The molecule has 0 saturated carbocycles. The van der Waals surface area contributed by atoms with Crippen molar-refractivity contribution in [3.05, 3.63) is 64.9 Å². The zero-order valence-corrected chi connectivity index (χ0v) is 13.2. The van der Waals surface area contributed by atoms with Crippen LogP contribution in [0.2, 0.25) is 5.02 Å². The van der Waals surface area contributed by atoms with Crippen LogP contribution in [0.15, 0.2) is 48.8 Å². The standard InChI is InChI=1S/C17H19ClN2O2/c1-22-16(14-5-2-6-15(18)10-14)12-20-17(21)8-7-13-4-3-9-19-11-13/h2-6,9-11,16H,7-8,12H2,1H3,(H,20,21)/t16-/m0/s1. The highest BCUT2D eigenvalue weighted by Gasteiger charge is 2.12. The SMILES string of the molecule is CO[C@@H](CNC(=O)CCc1cccnc1)c1cccc(Cl)c1. The maximum absolute atomic E-state index is 11.9. The lowest BCUT2D eigenvalue weighted by molar-refractivity contribution is -0.121. The van der Waals surface area contributed by atoms with Crippen LogP contribution in [0.1, 0.15) is 23.7 Å². The first-order valence-corrected chi connectivity index (χ1v) is 7.50. The molecule has 0 spiro atoms. The predicted octanol–water partition coefficient (Wildman–Crippen LogP) is 3.17. The van der Waals surface area contributed by atoms with E-state index in [0.29, 0.717) is 24.4 Å². The van der Waals surface area contributed by atoms with Crippen LogP contribution in [0.5, 0.6) is 0 Å². The van der Waals surface area contributed by atoms with Crippen LogP contribution in [-0.2, 0) is 16.0 Å². The number of aryl methyl sites for hydroxylation is 1. The van der Waals surface area contributed by atoms with Gasteiger partial charge in [-0.05, 0) is 35.7 Å². The molecule has 2 rings (SSSR count). The first-order chi connectivity index (χ1) is 10.7. The largest absolute Gasteiger partial charge is 0.375 e. The highest BCUT2D eigenvalue weighted by molar-refractivity contribution is 6.30. The molecule has 1 heterocycles. The average molecular weight is 319 g/mol. The summed E-state index contributed by atoms with van der Waals surface area (Å²) in [5, 5.41) is 3.55. The second kappa shape index (κ2) is 8.51. The smallest absolute Gasteiger partial charge is 0.220 e. The maximum Gasteiger partial charge on any atom is 0.220 e.